The normalized spacial score (nSPS) is 14.0. The lowest BCUT2D eigenvalue weighted by Crippen LogP contribution is -2.01. The fourth-order valence-corrected chi connectivity index (χ4v) is 2.97. The van der Waals surface area contributed by atoms with Crippen LogP contribution in [0.4, 0.5) is 8.78 Å². The van der Waals surface area contributed by atoms with Crippen LogP contribution in [0.15, 0.2) is 23.6 Å². The maximum absolute atomic E-state index is 14.3. The molecule has 4 nitrogen and oxygen atoms in total. The van der Waals surface area contributed by atoms with E-state index in [0.717, 1.165) is 16.9 Å². The largest absolute Gasteiger partial charge is 0.464 e. The van der Waals surface area contributed by atoms with E-state index < -0.39 is 17.6 Å². The molecule has 2 heterocycles. The van der Waals surface area contributed by atoms with Gasteiger partial charge >= 0.3 is 5.97 Å². The van der Waals surface area contributed by atoms with Crippen LogP contribution >= 0.6 is 11.3 Å². The fraction of sp³-hybridized carbons (Fsp3) is 0.200. The van der Waals surface area contributed by atoms with Gasteiger partial charge in [-0.25, -0.2) is 18.6 Å². The summed E-state index contributed by atoms with van der Waals surface area (Å²) in [5.41, 5.74) is 0.973. The van der Waals surface area contributed by atoms with Crippen molar-refractivity contribution in [3.05, 3.63) is 46.5 Å². The van der Waals surface area contributed by atoms with Crippen LogP contribution in [0, 0.1) is 11.6 Å². The van der Waals surface area contributed by atoms with Crippen LogP contribution in [0.5, 0.6) is 0 Å². The van der Waals surface area contributed by atoms with Crippen LogP contribution in [0.3, 0.4) is 0 Å². The smallest absolute Gasteiger partial charge is 0.357 e. The van der Waals surface area contributed by atoms with E-state index in [0.29, 0.717) is 18.8 Å². The second-order valence-corrected chi connectivity index (χ2v) is 5.45. The van der Waals surface area contributed by atoms with Crippen LogP contribution in [0.25, 0.3) is 16.1 Å². The van der Waals surface area contributed by atoms with Gasteiger partial charge < -0.3 is 9.47 Å². The summed E-state index contributed by atoms with van der Waals surface area (Å²) >= 11 is 0.982. The van der Waals surface area contributed by atoms with Crippen molar-refractivity contribution in [2.75, 3.05) is 20.3 Å². The molecule has 7 heteroatoms. The molecule has 22 heavy (non-hydrogen) atoms. The molecule has 0 aliphatic carbocycles. The predicted molar refractivity (Wildman–Crippen MR) is 77.6 cm³/mol. The maximum atomic E-state index is 14.3. The summed E-state index contributed by atoms with van der Waals surface area (Å²) in [5.74, 6) is -2.10. The van der Waals surface area contributed by atoms with E-state index in [1.165, 1.54) is 24.6 Å². The minimum absolute atomic E-state index is 0.0253. The zero-order valence-corrected chi connectivity index (χ0v) is 12.4. The van der Waals surface area contributed by atoms with Crippen LogP contribution < -0.4 is 0 Å². The van der Waals surface area contributed by atoms with Crippen molar-refractivity contribution in [1.29, 1.82) is 0 Å². The Bertz CT molecular complexity index is 747. The Morgan fingerprint density at radius 3 is 2.68 bits per heavy atom. The molecule has 1 aromatic heterocycles. The maximum Gasteiger partial charge on any atom is 0.357 e. The molecular weight excluding hydrogens is 312 g/mol. The van der Waals surface area contributed by atoms with Gasteiger partial charge in [-0.1, -0.05) is 6.08 Å². The molecule has 0 N–H and O–H groups in total. The summed E-state index contributed by atoms with van der Waals surface area (Å²) in [4.78, 5) is 15.3. The molecule has 0 radical (unpaired) electrons. The van der Waals surface area contributed by atoms with Crippen LogP contribution in [-0.2, 0) is 9.47 Å². The quantitative estimate of drug-likeness (QED) is 0.813. The van der Waals surface area contributed by atoms with Crippen molar-refractivity contribution in [3.8, 4) is 10.6 Å². The Morgan fingerprint density at radius 2 is 2.09 bits per heavy atom. The van der Waals surface area contributed by atoms with Crippen molar-refractivity contribution in [3.63, 3.8) is 0 Å². The number of thiazole rings is 1. The highest BCUT2D eigenvalue weighted by Gasteiger charge is 2.20. The Hall–Kier alpha value is -2.12. The average Bonchev–Trinajstić information content (AvgIpc) is 3.17. The van der Waals surface area contributed by atoms with Gasteiger partial charge in [0.2, 0.25) is 0 Å². The van der Waals surface area contributed by atoms with Gasteiger partial charge in [0.25, 0.3) is 0 Å². The van der Waals surface area contributed by atoms with Gasteiger partial charge in [0.05, 0.1) is 25.9 Å². The molecule has 0 unspecified atom stereocenters. The van der Waals surface area contributed by atoms with E-state index in [4.69, 9.17) is 4.74 Å². The van der Waals surface area contributed by atoms with Crippen molar-refractivity contribution in [2.24, 2.45) is 0 Å². The summed E-state index contributed by atoms with van der Waals surface area (Å²) in [6, 6.07) is 2.50. The first kappa shape index (κ1) is 14.8. The van der Waals surface area contributed by atoms with Gasteiger partial charge in [0.15, 0.2) is 5.69 Å². The number of carbonyl (C=O) groups is 1. The number of ether oxygens (including phenoxy) is 2. The van der Waals surface area contributed by atoms with E-state index in [9.17, 15) is 13.6 Å². The number of esters is 1. The van der Waals surface area contributed by atoms with E-state index in [2.05, 4.69) is 9.72 Å². The molecule has 114 valence electrons. The van der Waals surface area contributed by atoms with E-state index in [1.807, 2.05) is 0 Å². The minimum Gasteiger partial charge on any atom is -0.464 e. The summed E-state index contributed by atoms with van der Waals surface area (Å²) in [6.07, 6.45) is 1.78. The summed E-state index contributed by atoms with van der Waals surface area (Å²) < 4.78 is 38.2. The topological polar surface area (TPSA) is 48.4 Å². The Kier molecular flexibility index (Phi) is 4.00. The number of carbonyl (C=O) groups excluding carboxylic acids is 1. The second kappa shape index (κ2) is 5.94. The number of hydrogen-bond acceptors (Lipinski definition) is 5. The van der Waals surface area contributed by atoms with E-state index in [1.54, 1.807) is 6.08 Å². The molecular formula is C15H11F2NO3S. The summed E-state index contributed by atoms with van der Waals surface area (Å²) in [5, 5.41) is 1.50. The van der Waals surface area contributed by atoms with Gasteiger partial charge in [0, 0.05) is 5.38 Å². The minimum atomic E-state index is -0.728. The number of hydrogen-bond donors (Lipinski definition) is 0. The molecule has 0 spiro atoms. The highest BCUT2D eigenvalue weighted by Crippen LogP contribution is 2.32. The van der Waals surface area contributed by atoms with Crippen molar-refractivity contribution < 1.29 is 23.0 Å². The molecule has 3 rings (SSSR count). The summed E-state index contributed by atoms with van der Waals surface area (Å²) in [6.45, 7) is 0.775. The first-order valence-electron chi connectivity index (χ1n) is 6.40. The molecule has 1 aromatic carbocycles. The van der Waals surface area contributed by atoms with Gasteiger partial charge in [0.1, 0.15) is 16.6 Å². The first-order chi connectivity index (χ1) is 10.6. The number of aromatic nitrogens is 1. The number of methoxy groups -OCH3 is 1. The molecule has 2 aromatic rings. The van der Waals surface area contributed by atoms with Gasteiger partial charge in [-0.2, -0.15) is 0 Å². The lowest BCUT2D eigenvalue weighted by Gasteiger charge is -2.06. The third-order valence-electron chi connectivity index (χ3n) is 3.23. The third kappa shape index (κ3) is 2.65. The van der Waals surface area contributed by atoms with Gasteiger partial charge in [-0.05, 0) is 23.3 Å². The number of nitrogens with zero attached hydrogens (tertiary/aromatic N) is 1. The Balaban J connectivity index is 2.00. The van der Waals surface area contributed by atoms with Crippen molar-refractivity contribution in [1.82, 2.24) is 4.98 Å². The molecule has 0 amide bonds. The zero-order valence-electron chi connectivity index (χ0n) is 11.6. The SMILES string of the molecule is COC(=O)c1csc(-c2c(F)cc(C3=CCOC3)cc2F)n1. The number of rotatable bonds is 3. The molecule has 0 saturated carbocycles. The number of halogens is 2. The van der Waals surface area contributed by atoms with Crippen molar-refractivity contribution in [2.45, 2.75) is 0 Å². The highest BCUT2D eigenvalue weighted by atomic mass is 32.1. The standard InChI is InChI=1S/C15H11F2NO3S/c1-20-15(19)12-7-22-14(18-12)13-10(16)4-9(5-11(13)17)8-2-3-21-6-8/h2,4-5,7H,3,6H2,1H3. The Labute approximate surface area is 129 Å². The molecule has 0 saturated heterocycles. The van der Waals surface area contributed by atoms with Crippen LogP contribution in [-0.4, -0.2) is 31.3 Å². The van der Waals surface area contributed by atoms with E-state index in [-0.39, 0.29) is 16.3 Å². The zero-order chi connectivity index (χ0) is 15.7. The van der Waals surface area contributed by atoms with Crippen LogP contribution in [0.2, 0.25) is 0 Å². The van der Waals surface area contributed by atoms with Crippen molar-refractivity contribution >= 4 is 22.9 Å². The second-order valence-electron chi connectivity index (χ2n) is 4.59. The van der Waals surface area contributed by atoms with E-state index >= 15 is 0 Å². The molecule has 0 fully saturated rings. The first-order valence-corrected chi connectivity index (χ1v) is 7.28. The van der Waals surface area contributed by atoms with Gasteiger partial charge in [-0.15, -0.1) is 11.3 Å². The van der Waals surface area contributed by atoms with Gasteiger partial charge in [-0.3, -0.25) is 0 Å². The fourth-order valence-electron chi connectivity index (χ4n) is 2.14. The molecule has 1 aliphatic heterocycles. The number of benzene rings is 1. The molecule has 0 bridgehead atoms. The van der Waals surface area contributed by atoms with Crippen LogP contribution in [0.1, 0.15) is 16.1 Å². The highest BCUT2D eigenvalue weighted by molar-refractivity contribution is 7.13. The Morgan fingerprint density at radius 1 is 1.36 bits per heavy atom. The monoisotopic (exact) mass is 323 g/mol. The summed E-state index contributed by atoms with van der Waals surface area (Å²) in [7, 11) is 1.22. The predicted octanol–water partition coefficient (Wildman–Crippen LogP) is 3.29. The molecule has 0 atom stereocenters. The lowest BCUT2D eigenvalue weighted by molar-refractivity contribution is 0.0595. The average molecular weight is 323 g/mol. The molecule has 1 aliphatic rings. The third-order valence-corrected chi connectivity index (χ3v) is 4.09. The lowest BCUT2D eigenvalue weighted by atomic mass is 10.0.